The van der Waals surface area contributed by atoms with Crippen LogP contribution >= 0.6 is 0 Å². The molecule has 1 N–H and O–H groups in total. The Morgan fingerprint density at radius 1 is 1.46 bits per heavy atom. The molecule has 0 aromatic heterocycles. The van der Waals surface area contributed by atoms with E-state index in [9.17, 15) is 9.90 Å². The summed E-state index contributed by atoms with van der Waals surface area (Å²) in [6.45, 7) is 5.66. The normalized spacial score (nSPS) is 13.0. The smallest absolute Gasteiger partial charge is 0.308 e. The van der Waals surface area contributed by atoms with Crippen LogP contribution in [0.25, 0.3) is 0 Å². The summed E-state index contributed by atoms with van der Waals surface area (Å²) in [4.78, 5) is 11.0. The molecule has 0 rings (SSSR count). The molecule has 0 heterocycles. The molecule has 0 saturated heterocycles. The Balaban J connectivity index is 3.53. The van der Waals surface area contributed by atoms with E-state index in [1.165, 1.54) is 0 Å². The molecule has 0 aliphatic rings. The highest BCUT2D eigenvalue weighted by atomic mass is 16.5. The van der Waals surface area contributed by atoms with Gasteiger partial charge in [0.1, 0.15) is 0 Å². The number of unbranched alkanes of at least 4 members (excludes halogenated alkanes) is 1. The number of carbonyl (C=O) groups is 1. The van der Waals surface area contributed by atoms with Crippen molar-refractivity contribution in [1.82, 2.24) is 0 Å². The number of aliphatic hydroxyl groups is 1. The first-order chi connectivity index (χ1) is 6.06. The number of aliphatic hydroxyl groups excluding tert-OH is 1. The minimum absolute atomic E-state index is 0.0918. The summed E-state index contributed by atoms with van der Waals surface area (Å²) in [5, 5.41) is 9.36. The van der Waals surface area contributed by atoms with Crippen molar-refractivity contribution in [3.63, 3.8) is 0 Å². The van der Waals surface area contributed by atoms with E-state index >= 15 is 0 Å². The summed E-state index contributed by atoms with van der Waals surface area (Å²) in [7, 11) is 0. The van der Waals surface area contributed by atoms with Gasteiger partial charge >= 0.3 is 5.97 Å². The minimum atomic E-state index is -0.536. The highest BCUT2D eigenvalue weighted by Crippen LogP contribution is 2.05. The molecule has 3 heteroatoms. The minimum Gasteiger partial charge on any atom is -0.463 e. The van der Waals surface area contributed by atoms with E-state index in [2.05, 4.69) is 6.92 Å². The molecule has 0 radical (unpaired) electrons. The fourth-order valence-electron chi connectivity index (χ4n) is 1.05. The maximum absolute atomic E-state index is 11.0. The fourth-order valence-corrected chi connectivity index (χ4v) is 1.05. The first-order valence-electron chi connectivity index (χ1n) is 4.93. The Morgan fingerprint density at radius 3 is 2.54 bits per heavy atom. The predicted molar refractivity (Wildman–Crippen MR) is 51.4 cm³/mol. The SMILES string of the molecule is CCCCC(O)CC(=O)OC(C)C. The lowest BCUT2D eigenvalue weighted by molar-refractivity contribution is -0.149. The standard InChI is InChI=1S/C10H20O3/c1-4-5-6-9(11)7-10(12)13-8(2)3/h8-9,11H,4-7H2,1-3H3. The van der Waals surface area contributed by atoms with Crippen LogP contribution in [0.3, 0.4) is 0 Å². The van der Waals surface area contributed by atoms with Gasteiger partial charge in [0, 0.05) is 0 Å². The maximum atomic E-state index is 11.0. The van der Waals surface area contributed by atoms with Crippen LogP contribution < -0.4 is 0 Å². The first-order valence-corrected chi connectivity index (χ1v) is 4.93. The molecule has 0 fully saturated rings. The van der Waals surface area contributed by atoms with Gasteiger partial charge in [0.15, 0.2) is 0 Å². The predicted octanol–water partition coefficient (Wildman–Crippen LogP) is 1.88. The van der Waals surface area contributed by atoms with Crippen LogP contribution in [0.4, 0.5) is 0 Å². The van der Waals surface area contributed by atoms with Crippen molar-refractivity contribution >= 4 is 5.97 Å². The molecular formula is C10H20O3. The van der Waals surface area contributed by atoms with Crippen molar-refractivity contribution in [2.75, 3.05) is 0 Å². The highest BCUT2D eigenvalue weighted by molar-refractivity contribution is 5.70. The zero-order chi connectivity index (χ0) is 10.3. The van der Waals surface area contributed by atoms with Gasteiger partial charge in [-0.3, -0.25) is 4.79 Å². The first kappa shape index (κ1) is 12.4. The van der Waals surface area contributed by atoms with Gasteiger partial charge in [-0.25, -0.2) is 0 Å². The summed E-state index contributed by atoms with van der Waals surface area (Å²) in [5.41, 5.74) is 0. The second-order valence-electron chi connectivity index (χ2n) is 3.54. The number of carbonyl (C=O) groups excluding carboxylic acids is 1. The number of hydrogen-bond acceptors (Lipinski definition) is 3. The molecule has 0 aromatic rings. The van der Waals surface area contributed by atoms with Crippen LogP contribution in [-0.4, -0.2) is 23.3 Å². The Morgan fingerprint density at radius 2 is 2.08 bits per heavy atom. The van der Waals surface area contributed by atoms with E-state index in [1.54, 1.807) is 13.8 Å². The van der Waals surface area contributed by atoms with Gasteiger partial charge in [0.2, 0.25) is 0 Å². The zero-order valence-corrected chi connectivity index (χ0v) is 8.75. The molecule has 3 nitrogen and oxygen atoms in total. The lowest BCUT2D eigenvalue weighted by Gasteiger charge is -2.11. The quantitative estimate of drug-likeness (QED) is 0.647. The number of ether oxygens (including phenoxy) is 1. The molecule has 0 bridgehead atoms. The number of esters is 1. The molecule has 78 valence electrons. The van der Waals surface area contributed by atoms with E-state index in [4.69, 9.17) is 4.74 Å². The van der Waals surface area contributed by atoms with Crippen LogP contribution in [0.5, 0.6) is 0 Å². The molecular weight excluding hydrogens is 168 g/mol. The number of rotatable bonds is 6. The van der Waals surface area contributed by atoms with Crippen molar-refractivity contribution in [2.45, 2.75) is 58.7 Å². The van der Waals surface area contributed by atoms with E-state index in [0.717, 1.165) is 12.8 Å². The Labute approximate surface area is 80.1 Å². The molecule has 0 aliphatic heterocycles. The third kappa shape index (κ3) is 7.78. The monoisotopic (exact) mass is 188 g/mol. The Kier molecular flexibility index (Phi) is 6.59. The van der Waals surface area contributed by atoms with Gasteiger partial charge < -0.3 is 9.84 Å². The average molecular weight is 188 g/mol. The van der Waals surface area contributed by atoms with Crippen molar-refractivity contribution in [2.24, 2.45) is 0 Å². The summed E-state index contributed by atoms with van der Waals surface area (Å²) in [6.07, 6.45) is 2.17. The van der Waals surface area contributed by atoms with Crippen molar-refractivity contribution < 1.29 is 14.6 Å². The van der Waals surface area contributed by atoms with Gasteiger partial charge in [-0.2, -0.15) is 0 Å². The van der Waals surface area contributed by atoms with Crippen molar-refractivity contribution in [1.29, 1.82) is 0 Å². The maximum Gasteiger partial charge on any atom is 0.308 e. The lowest BCUT2D eigenvalue weighted by Crippen LogP contribution is -2.18. The summed E-state index contributed by atoms with van der Waals surface area (Å²) in [5.74, 6) is -0.307. The van der Waals surface area contributed by atoms with Crippen molar-refractivity contribution in [3.05, 3.63) is 0 Å². The van der Waals surface area contributed by atoms with Crippen LogP contribution in [0.2, 0.25) is 0 Å². The van der Waals surface area contributed by atoms with E-state index in [0.29, 0.717) is 6.42 Å². The molecule has 1 atom stereocenters. The molecule has 1 unspecified atom stereocenters. The molecule has 0 aromatic carbocycles. The topological polar surface area (TPSA) is 46.5 Å². The van der Waals surface area contributed by atoms with Gasteiger partial charge in [-0.15, -0.1) is 0 Å². The van der Waals surface area contributed by atoms with Crippen LogP contribution in [0.15, 0.2) is 0 Å². The second kappa shape index (κ2) is 6.89. The van der Waals surface area contributed by atoms with Gasteiger partial charge in [-0.1, -0.05) is 19.8 Å². The molecule has 13 heavy (non-hydrogen) atoms. The van der Waals surface area contributed by atoms with Gasteiger partial charge in [0.05, 0.1) is 18.6 Å². The van der Waals surface area contributed by atoms with Gasteiger partial charge in [0.25, 0.3) is 0 Å². The molecule has 0 spiro atoms. The zero-order valence-electron chi connectivity index (χ0n) is 8.75. The molecule has 0 saturated carbocycles. The summed E-state index contributed by atoms with van der Waals surface area (Å²) < 4.78 is 4.90. The third-order valence-corrected chi connectivity index (χ3v) is 1.66. The Hall–Kier alpha value is -0.570. The fraction of sp³-hybridized carbons (Fsp3) is 0.900. The molecule has 0 amide bonds. The van der Waals surface area contributed by atoms with E-state index < -0.39 is 6.10 Å². The summed E-state index contributed by atoms with van der Waals surface area (Å²) in [6, 6.07) is 0. The van der Waals surface area contributed by atoms with E-state index in [-0.39, 0.29) is 18.5 Å². The number of hydrogen-bond donors (Lipinski definition) is 1. The summed E-state index contributed by atoms with van der Waals surface area (Å²) >= 11 is 0. The average Bonchev–Trinajstić information content (AvgIpc) is 1.98. The van der Waals surface area contributed by atoms with Gasteiger partial charge in [-0.05, 0) is 20.3 Å². The van der Waals surface area contributed by atoms with E-state index in [1.807, 2.05) is 0 Å². The second-order valence-corrected chi connectivity index (χ2v) is 3.54. The van der Waals surface area contributed by atoms with Crippen molar-refractivity contribution in [3.8, 4) is 0 Å². The Bertz CT molecular complexity index is 143. The largest absolute Gasteiger partial charge is 0.463 e. The van der Waals surface area contributed by atoms with Crippen LogP contribution in [0.1, 0.15) is 46.5 Å². The highest BCUT2D eigenvalue weighted by Gasteiger charge is 2.12. The van der Waals surface area contributed by atoms with Crippen LogP contribution in [0, 0.1) is 0 Å². The molecule has 0 aliphatic carbocycles. The third-order valence-electron chi connectivity index (χ3n) is 1.66. The lowest BCUT2D eigenvalue weighted by atomic mass is 10.1. The van der Waals surface area contributed by atoms with Crippen LogP contribution in [-0.2, 0) is 9.53 Å².